The van der Waals surface area contributed by atoms with E-state index in [0.717, 1.165) is 49.1 Å². The molecule has 3 N–H and O–H groups in total. The summed E-state index contributed by atoms with van der Waals surface area (Å²) in [4.78, 5) is 18.0. The fourth-order valence-corrected chi connectivity index (χ4v) is 3.08. The van der Waals surface area contributed by atoms with E-state index in [4.69, 9.17) is 5.73 Å². The number of aliphatic hydroxyl groups excluding tert-OH is 1. The van der Waals surface area contributed by atoms with Gasteiger partial charge in [-0.15, -0.1) is 0 Å². The number of hydrogen-bond acceptors (Lipinski definition) is 4. The van der Waals surface area contributed by atoms with Crippen LogP contribution in [-0.2, 0) is 11.3 Å². The van der Waals surface area contributed by atoms with Gasteiger partial charge in [0, 0.05) is 11.9 Å². The van der Waals surface area contributed by atoms with Crippen molar-refractivity contribution >= 4 is 16.8 Å². The molecular formula is C17H21N3O2. The average molecular weight is 299 g/mol. The van der Waals surface area contributed by atoms with Crippen LogP contribution < -0.4 is 5.73 Å². The van der Waals surface area contributed by atoms with Gasteiger partial charge in [-0.25, -0.2) is 0 Å². The maximum atomic E-state index is 11.0. The van der Waals surface area contributed by atoms with E-state index < -0.39 is 12.0 Å². The molecule has 0 bridgehead atoms. The monoisotopic (exact) mass is 299 g/mol. The van der Waals surface area contributed by atoms with Gasteiger partial charge in [0.1, 0.15) is 6.10 Å². The number of para-hydroxylation sites is 1. The van der Waals surface area contributed by atoms with Crippen LogP contribution in [0.25, 0.3) is 10.9 Å². The number of fused-ring (bicyclic) bond motifs is 1. The molecule has 5 nitrogen and oxygen atoms in total. The normalized spacial score (nSPS) is 18.4. The van der Waals surface area contributed by atoms with Gasteiger partial charge in [0.05, 0.1) is 11.2 Å². The minimum absolute atomic E-state index is 0.0155. The van der Waals surface area contributed by atoms with Gasteiger partial charge < -0.3 is 10.8 Å². The summed E-state index contributed by atoms with van der Waals surface area (Å²) in [5.74, 6) is -0.632. The summed E-state index contributed by atoms with van der Waals surface area (Å²) < 4.78 is 0. The molecule has 3 rings (SSSR count). The van der Waals surface area contributed by atoms with E-state index >= 15 is 0 Å². The first kappa shape index (κ1) is 14.9. The van der Waals surface area contributed by atoms with Crippen molar-refractivity contribution in [3.63, 3.8) is 0 Å². The number of primary amides is 1. The molecule has 2 aromatic rings. The highest BCUT2D eigenvalue weighted by atomic mass is 16.3. The minimum atomic E-state index is -1.01. The number of rotatable bonds is 4. The predicted molar refractivity (Wildman–Crippen MR) is 84.9 cm³/mol. The van der Waals surface area contributed by atoms with Crippen LogP contribution in [0.3, 0.4) is 0 Å². The summed E-state index contributed by atoms with van der Waals surface area (Å²) in [7, 11) is 0. The fraction of sp³-hybridized carbons (Fsp3) is 0.412. The Balaban J connectivity index is 1.61. The number of amides is 1. The minimum Gasteiger partial charge on any atom is -0.383 e. The zero-order chi connectivity index (χ0) is 15.5. The van der Waals surface area contributed by atoms with Crippen LogP contribution in [-0.4, -0.2) is 40.1 Å². The number of nitrogens with two attached hydrogens (primary N) is 1. The summed E-state index contributed by atoms with van der Waals surface area (Å²) >= 11 is 0. The maximum absolute atomic E-state index is 11.0. The molecule has 1 aliphatic rings. The molecule has 1 aromatic heterocycles. The fourth-order valence-electron chi connectivity index (χ4n) is 3.08. The lowest BCUT2D eigenvalue weighted by Crippen LogP contribution is -2.42. The Labute approximate surface area is 129 Å². The molecule has 116 valence electrons. The highest BCUT2D eigenvalue weighted by Crippen LogP contribution is 2.22. The van der Waals surface area contributed by atoms with Crippen molar-refractivity contribution in [2.75, 3.05) is 13.1 Å². The zero-order valence-corrected chi connectivity index (χ0v) is 12.5. The van der Waals surface area contributed by atoms with E-state index in [9.17, 15) is 9.90 Å². The molecule has 0 saturated carbocycles. The van der Waals surface area contributed by atoms with Crippen molar-refractivity contribution < 1.29 is 9.90 Å². The highest BCUT2D eigenvalue weighted by Gasteiger charge is 2.28. The number of aliphatic hydroxyl groups is 1. The third-order valence-electron chi connectivity index (χ3n) is 4.41. The van der Waals surface area contributed by atoms with Gasteiger partial charge in [0.25, 0.3) is 0 Å². The third kappa shape index (κ3) is 3.26. The van der Waals surface area contributed by atoms with Gasteiger partial charge >= 0.3 is 0 Å². The van der Waals surface area contributed by atoms with Gasteiger partial charge in [-0.05, 0) is 44.0 Å². The second kappa shape index (κ2) is 6.42. The first-order valence-electron chi connectivity index (χ1n) is 7.68. The number of piperidine rings is 1. The van der Waals surface area contributed by atoms with Crippen LogP contribution in [0.2, 0.25) is 0 Å². The number of carbonyl (C=O) groups excluding carboxylic acids is 1. The molecule has 1 atom stereocenters. The number of likely N-dealkylation sites (tertiary alicyclic amines) is 1. The SMILES string of the molecule is NC(=O)C(O)C1CCN(Cc2ccc3ccccc3n2)CC1. The van der Waals surface area contributed by atoms with Gasteiger partial charge in [-0.2, -0.15) is 0 Å². The second-order valence-corrected chi connectivity index (χ2v) is 5.96. The molecule has 1 aromatic carbocycles. The summed E-state index contributed by atoms with van der Waals surface area (Å²) in [6, 6.07) is 12.2. The van der Waals surface area contributed by atoms with E-state index in [2.05, 4.69) is 28.1 Å². The molecule has 5 heteroatoms. The quantitative estimate of drug-likeness (QED) is 0.891. The van der Waals surface area contributed by atoms with Crippen LogP contribution in [0.4, 0.5) is 0 Å². The Bertz CT molecular complexity index is 666. The Morgan fingerprint density at radius 2 is 2.00 bits per heavy atom. The summed E-state index contributed by atoms with van der Waals surface area (Å²) in [5, 5.41) is 10.9. The third-order valence-corrected chi connectivity index (χ3v) is 4.41. The smallest absolute Gasteiger partial charge is 0.246 e. The molecule has 1 unspecified atom stereocenters. The van der Waals surface area contributed by atoms with Crippen molar-refractivity contribution in [2.45, 2.75) is 25.5 Å². The van der Waals surface area contributed by atoms with E-state index in [1.807, 2.05) is 18.2 Å². The molecule has 1 amide bonds. The maximum Gasteiger partial charge on any atom is 0.246 e. The molecule has 1 saturated heterocycles. The molecule has 1 fully saturated rings. The number of hydrogen-bond donors (Lipinski definition) is 2. The van der Waals surface area contributed by atoms with Crippen LogP contribution >= 0.6 is 0 Å². The second-order valence-electron chi connectivity index (χ2n) is 5.96. The molecule has 0 aliphatic carbocycles. The predicted octanol–water partition coefficient (Wildman–Crippen LogP) is 1.29. The average Bonchev–Trinajstić information content (AvgIpc) is 2.55. The lowest BCUT2D eigenvalue weighted by molar-refractivity contribution is -0.129. The molecule has 22 heavy (non-hydrogen) atoms. The number of aromatic nitrogens is 1. The van der Waals surface area contributed by atoms with E-state index in [0.29, 0.717) is 0 Å². The molecule has 0 spiro atoms. The van der Waals surface area contributed by atoms with Crippen molar-refractivity contribution in [2.24, 2.45) is 11.7 Å². The lowest BCUT2D eigenvalue weighted by Gasteiger charge is -2.33. The standard InChI is InChI=1S/C17H21N3O2/c18-17(22)16(21)13-7-9-20(10-8-13)11-14-6-5-12-3-1-2-4-15(12)19-14/h1-6,13,16,21H,7-11H2,(H2,18,22). The first-order chi connectivity index (χ1) is 10.6. The summed E-state index contributed by atoms with van der Waals surface area (Å²) in [6.45, 7) is 2.50. The molecule has 2 heterocycles. The first-order valence-corrected chi connectivity index (χ1v) is 7.68. The number of nitrogens with zero attached hydrogens (tertiary/aromatic N) is 2. The number of pyridine rings is 1. The van der Waals surface area contributed by atoms with Gasteiger partial charge in [-0.1, -0.05) is 24.3 Å². The highest BCUT2D eigenvalue weighted by molar-refractivity contribution is 5.79. The van der Waals surface area contributed by atoms with Crippen molar-refractivity contribution in [1.82, 2.24) is 9.88 Å². The van der Waals surface area contributed by atoms with Crippen molar-refractivity contribution in [3.8, 4) is 0 Å². The molecule has 0 radical (unpaired) electrons. The zero-order valence-electron chi connectivity index (χ0n) is 12.5. The van der Waals surface area contributed by atoms with E-state index in [1.165, 1.54) is 0 Å². The van der Waals surface area contributed by atoms with Crippen LogP contribution in [0.5, 0.6) is 0 Å². The Morgan fingerprint density at radius 3 is 2.73 bits per heavy atom. The van der Waals surface area contributed by atoms with Crippen LogP contribution in [0, 0.1) is 5.92 Å². The van der Waals surface area contributed by atoms with Crippen molar-refractivity contribution in [3.05, 3.63) is 42.1 Å². The van der Waals surface area contributed by atoms with Gasteiger partial charge in [0.15, 0.2) is 0 Å². The summed E-state index contributed by atoms with van der Waals surface area (Å²) in [6.07, 6.45) is 0.566. The Kier molecular flexibility index (Phi) is 4.36. The Hall–Kier alpha value is -1.98. The number of benzene rings is 1. The Morgan fingerprint density at radius 1 is 1.27 bits per heavy atom. The van der Waals surface area contributed by atoms with E-state index in [1.54, 1.807) is 0 Å². The van der Waals surface area contributed by atoms with Crippen molar-refractivity contribution in [1.29, 1.82) is 0 Å². The summed E-state index contributed by atoms with van der Waals surface area (Å²) in [5.41, 5.74) is 7.23. The largest absolute Gasteiger partial charge is 0.383 e. The van der Waals surface area contributed by atoms with E-state index in [-0.39, 0.29) is 5.92 Å². The van der Waals surface area contributed by atoms with Gasteiger partial charge in [0.2, 0.25) is 5.91 Å². The van der Waals surface area contributed by atoms with Crippen LogP contribution in [0.1, 0.15) is 18.5 Å². The molecule has 1 aliphatic heterocycles. The topological polar surface area (TPSA) is 79.5 Å². The van der Waals surface area contributed by atoms with Crippen LogP contribution in [0.15, 0.2) is 36.4 Å². The number of carbonyl (C=O) groups is 1. The molecular weight excluding hydrogens is 278 g/mol. The lowest BCUT2D eigenvalue weighted by atomic mass is 9.91. The van der Waals surface area contributed by atoms with Gasteiger partial charge in [-0.3, -0.25) is 14.7 Å².